The number of anilines is 1. The van der Waals surface area contributed by atoms with Crippen LogP contribution >= 0.6 is 0 Å². The summed E-state index contributed by atoms with van der Waals surface area (Å²) < 4.78 is 9.90. The van der Waals surface area contributed by atoms with E-state index in [9.17, 15) is 4.79 Å². The van der Waals surface area contributed by atoms with Gasteiger partial charge in [-0.25, -0.2) is 4.79 Å². The van der Waals surface area contributed by atoms with Crippen molar-refractivity contribution in [3.63, 3.8) is 0 Å². The SMILES string of the molecule is COC(=O)c1cc(OCCCO)ccc1N. The molecule has 0 radical (unpaired) electrons. The summed E-state index contributed by atoms with van der Waals surface area (Å²) in [5.74, 6) is 0.0353. The minimum atomic E-state index is -0.495. The Bertz CT molecular complexity index is 365. The number of esters is 1. The van der Waals surface area contributed by atoms with E-state index in [2.05, 4.69) is 4.74 Å². The second kappa shape index (κ2) is 5.97. The van der Waals surface area contributed by atoms with Crippen molar-refractivity contribution < 1.29 is 19.4 Å². The van der Waals surface area contributed by atoms with Crippen LogP contribution in [0.3, 0.4) is 0 Å². The summed E-state index contributed by atoms with van der Waals surface area (Å²) in [6.07, 6.45) is 0.540. The lowest BCUT2D eigenvalue weighted by atomic mass is 10.2. The Kier molecular flexibility index (Phi) is 4.60. The monoisotopic (exact) mass is 225 g/mol. The van der Waals surface area contributed by atoms with E-state index in [1.165, 1.54) is 13.2 Å². The lowest BCUT2D eigenvalue weighted by Gasteiger charge is -2.08. The number of benzene rings is 1. The molecule has 0 aliphatic rings. The fourth-order valence-electron chi connectivity index (χ4n) is 1.17. The summed E-state index contributed by atoms with van der Waals surface area (Å²) in [7, 11) is 1.29. The molecule has 0 aliphatic heterocycles. The number of carbonyl (C=O) groups excluding carboxylic acids is 1. The zero-order chi connectivity index (χ0) is 12.0. The zero-order valence-electron chi connectivity index (χ0n) is 9.10. The molecule has 5 heteroatoms. The van der Waals surface area contributed by atoms with Crippen LogP contribution in [0.15, 0.2) is 18.2 Å². The number of nitrogens with two attached hydrogens (primary N) is 1. The van der Waals surface area contributed by atoms with Crippen molar-refractivity contribution >= 4 is 11.7 Å². The van der Waals surface area contributed by atoms with Gasteiger partial charge in [0, 0.05) is 18.7 Å². The number of nitrogen functional groups attached to an aromatic ring is 1. The Morgan fingerprint density at radius 3 is 2.88 bits per heavy atom. The quantitative estimate of drug-likeness (QED) is 0.440. The molecule has 0 amide bonds. The number of aliphatic hydroxyl groups is 1. The van der Waals surface area contributed by atoms with Crippen molar-refractivity contribution in [1.82, 2.24) is 0 Å². The molecule has 0 fully saturated rings. The van der Waals surface area contributed by atoms with Gasteiger partial charge < -0.3 is 20.3 Å². The molecule has 0 aromatic heterocycles. The normalized spacial score (nSPS) is 9.88. The largest absolute Gasteiger partial charge is 0.493 e. The Balaban J connectivity index is 2.77. The molecule has 16 heavy (non-hydrogen) atoms. The number of rotatable bonds is 5. The van der Waals surface area contributed by atoms with Gasteiger partial charge >= 0.3 is 5.97 Å². The standard InChI is InChI=1S/C11H15NO4/c1-15-11(14)9-7-8(3-4-10(9)12)16-6-2-5-13/h3-4,7,13H,2,5-6,12H2,1H3. The van der Waals surface area contributed by atoms with Gasteiger partial charge in [-0.05, 0) is 18.2 Å². The predicted octanol–water partition coefficient (Wildman–Crippen LogP) is 0.817. The van der Waals surface area contributed by atoms with Crippen LogP contribution in [-0.4, -0.2) is 31.4 Å². The molecular formula is C11H15NO4. The fourth-order valence-corrected chi connectivity index (χ4v) is 1.17. The van der Waals surface area contributed by atoms with E-state index in [0.29, 0.717) is 24.5 Å². The van der Waals surface area contributed by atoms with Crippen molar-refractivity contribution in [1.29, 1.82) is 0 Å². The van der Waals surface area contributed by atoms with Gasteiger partial charge in [0.15, 0.2) is 0 Å². The lowest BCUT2D eigenvalue weighted by molar-refractivity contribution is 0.0601. The maximum Gasteiger partial charge on any atom is 0.340 e. The first-order chi connectivity index (χ1) is 7.69. The highest BCUT2D eigenvalue weighted by Gasteiger charge is 2.10. The Hall–Kier alpha value is -1.75. The van der Waals surface area contributed by atoms with E-state index < -0.39 is 5.97 Å². The van der Waals surface area contributed by atoms with Crippen LogP contribution in [0.2, 0.25) is 0 Å². The second-order valence-corrected chi connectivity index (χ2v) is 3.17. The topological polar surface area (TPSA) is 81.8 Å². The molecule has 88 valence electrons. The molecule has 0 spiro atoms. The van der Waals surface area contributed by atoms with Crippen molar-refractivity contribution in [2.24, 2.45) is 0 Å². The van der Waals surface area contributed by atoms with Gasteiger partial charge in [0.1, 0.15) is 5.75 Å². The van der Waals surface area contributed by atoms with E-state index in [1.54, 1.807) is 12.1 Å². The number of carbonyl (C=O) groups is 1. The van der Waals surface area contributed by atoms with Gasteiger partial charge in [-0.15, -0.1) is 0 Å². The molecule has 0 heterocycles. The highest BCUT2D eigenvalue weighted by molar-refractivity contribution is 5.95. The van der Waals surface area contributed by atoms with Gasteiger partial charge in [-0.1, -0.05) is 0 Å². The molecule has 0 saturated heterocycles. The molecule has 0 aliphatic carbocycles. The molecule has 0 bridgehead atoms. The van der Waals surface area contributed by atoms with Crippen molar-refractivity contribution in [2.75, 3.05) is 26.1 Å². The third-order valence-corrected chi connectivity index (χ3v) is 2.00. The number of hydrogen-bond donors (Lipinski definition) is 2. The molecule has 1 aromatic carbocycles. The first kappa shape index (κ1) is 12.3. The maximum absolute atomic E-state index is 11.3. The fraction of sp³-hybridized carbons (Fsp3) is 0.364. The molecule has 0 unspecified atom stereocenters. The minimum absolute atomic E-state index is 0.0683. The molecule has 1 rings (SSSR count). The van der Waals surface area contributed by atoms with E-state index in [4.69, 9.17) is 15.6 Å². The van der Waals surface area contributed by atoms with Crippen molar-refractivity contribution in [3.8, 4) is 5.75 Å². The number of ether oxygens (including phenoxy) is 2. The second-order valence-electron chi connectivity index (χ2n) is 3.17. The van der Waals surface area contributed by atoms with Crippen LogP contribution in [0.1, 0.15) is 16.8 Å². The highest BCUT2D eigenvalue weighted by Crippen LogP contribution is 2.20. The summed E-state index contributed by atoms with van der Waals surface area (Å²) >= 11 is 0. The van der Waals surface area contributed by atoms with Gasteiger partial charge in [-0.2, -0.15) is 0 Å². The third-order valence-electron chi connectivity index (χ3n) is 2.00. The predicted molar refractivity (Wildman–Crippen MR) is 59.4 cm³/mol. The average Bonchev–Trinajstić information content (AvgIpc) is 2.30. The smallest absolute Gasteiger partial charge is 0.340 e. The van der Waals surface area contributed by atoms with Crippen LogP contribution in [0.5, 0.6) is 5.75 Å². The van der Waals surface area contributed by atoms with Gasteiger partial charge in [0.2, 0.25) is 0 Å². The van der Waals surface area contributed by atoms with Crippen molar-refractivity contribution in [3.05, 3.63) is 23.8 Å². The zero-order valence-corrected chi connectivity index (χ0v) is 9.10. The highest BCUT2D eigenvalue weighted by atomic mass is 16.5. The van der Waals surface area contributed by atoms with Crippen molar-refractivity contribution in [2.45, 2.75) is 6.42 Å². The minimum Gasteiger partial charge on any atom is -0.493 e. The summed E-state index contributed by atoms with van der Waals surface area (Å²) in [4.78, 5) is 11.3. The van der Waals surface area contributed by atoms with Crippen LogP contribution < -0.4 is 10.5 Å². The van der Waals surface area contributed by atoms with E-state index in [0.717, 1.165) is 0 Å². The van der Waals surface area contributed by atoms with Crippen LogP contribution in [0.25, 0.3) is 0 Å². The number of methoxy groups -OCH3 is 1. The molecule has 0 atom stereocenters. The first-order valence-electron chi connectivity index (χ1n) is 4.90. The molecule has 3 N–H and O–H groups in total. The van der Waals surface area contributed by atoms with E-state index in [1.807, 2.05) is 0 Å². The number of aliphatic hydroxyl groups excluding tert-OH is 1. The van der Waals surface area contributed by atoms with Gasteiger partial charge in [-0.3, -0.25) is 0 Å². The van der Waals surface area contributed by atoms with E-state index in [-0.39, 0.29) is 12.2 Å². The molecule has 1 aromatic rings. The van der Waals surface area contributed by atoms with Gasteiger partial charge in [0.25, 0.3) is 0 Å². The summed E-state index contributed by atoms with van der Waals surface area (Å²) in [5.41, 5.74) is 6.25. The summed E-state index contributed by atoms with van der Waals surface area (Å²) in [6.45, 7) is 0.458. The maximum atomic E-state index is 11.3. The lowest BCUT2D eigenvalue weighted by Crippen LogP contribution is -2.07. The van der Waals surface area contributed by atoms with Crippen LogP contribution in [0.4, 0.5) is 5.69 Å². The number of hydrogen-bond acceptors (Lipinski definition) is 5. The van der Waals surface area contributed by atoms with E-state index >= 15 is 0 Å². The third kappa shape index (κ3) is 3.13. The first-order valence-corrected chi connectivity index (χ1v) is 4.90. The summed E-state index contributed by atoms with van der Waals surface area (Å²) in [6, 6.07) is 4.78. The van der Waals surface area contributed by atoms with Gasteiger partial charge in [0.05, 0.1) is 19.3 Å². The summed E-state index contributed by atoms with van der Waals surface area (Å²) in [5, 5.41) is 8.60. The molecule has 0 saturated carbocycles. The molecule has 5 nitrogen and oxygen atoms in total. The Labute approximate surface area is 93.8 Å². The van der Waals surface area contributed by atoms with Crippen LogP contribution in [0, 0.1) is 0 Å². The Morgan fingerprint density at radius 1 is 1.50 bits per heavy atom. The average molecular weight is 225 g/mol. The Morgan fingerprint density at radius 2 is 2.25 bits per heavy atom. The van der Waals surface area contributed by atoms with Crippen LogP contribution in [-0.2, 0) is 4.74 Å². The molecular weight excluding hydrogens is 210 g/mol.